The largest absolute Gasteiger partial charge is 0.491 e. The maximum atomic E-state index is 12.3. The van der Waals surface area contributed by atoms with Crippen LogP contribution in [0.5, 0.6) is 11.5 Å². The number of hydrogen-bond donors (Lipinski definition) is 1. The Morgan fingerprint density at radius 2 is 2.08 bits per heavy atom. The number of carbonyl (C=O) groups is 1. The lowest BCUT2D eigenvalue weighted by molar-refractivity contribution is -0.112. The molecule has 2 aromatic rings. The van der Waals surface area contributed by atoms with Crippen LogP contribution in [0.2, 0.25) is 10.0 Å². The Labute approximate surface area is 161 Å². The molecular weight excluding hydrogens is 375 g/mol. The first-order valence-corrected chi connectivity index (χ1v) is 8.43. The SMILES string of the molecule is CCOc1cc(/C=C(\C#N)C(=O)Nc2cccc(Cl)c2)cc(Cl)c1OC. The second-order valence-corrected chi connectivity index (χ2v) is 5.95. The van der Waals surface area contributed by atoms with Crippen molar-refractivity contribution < 1.29 is 14.3 Å². The molecule has 1 N–H and O–H groups in total. The van der Waals surface area contributed by atoms with Crippen molar-refractivity contribution in [2.45, 2.75) is 6.92 Å². The Balaban J connectivity index is 2.33. The summed E-state index contributed by atoms with van der Waals surface area (Å²) in [6.07, 6.45) is 1.42. The molecule has 134 valence electrons. The third-order valence-electron chi connectivity index (χ3n) is 3.29. The summed E-state index contributed by atoms with van der Waals surface area (Å²) >= 11 is 12.1. The van der Waals surface area contributed by atoms with E-state index in [4.69, 9.17) is 32.7 Å². The minimum atomic E-state index is -0.556. The normalized spacial score (nSPS) is 10.8. The zero-order valence-corrected chi connectivity index (χ0v) is 15.7. The molecule has 2 rings (SSSR count). The van der Waals surface area contributed by atoms with Gasteiger partial charge in [-0.05, 0) is 48.9 Å². The second-order valence-electron chi connectivity index (χ2n) is 5.10. The van der Waals surface area contributed by atoms with E-state index in [0.717, 1.165) is 0 Å². The molecular formula is C19H16Cl2N2O3. The summed E-state index contributed by atoms with van der Waals surface area (Å²) in [6, 6.07) is 11.8. The fourth-order valence-corrected chi connectivity index (χ4v) is 2.70. The Morgan fingerprint density at radius 1 is 1.31 bits per heavy atom. The van der Waals surface area contributed by atoms with Crippen LogP contribution in [0, 0.1) is 11.3 Å². The predicted octanol–water partition coefficient (Wildman–Crippen LogP) is 4.95. The number of amides is 1. The molecule has 0 saturated heterocycles. The summed E-state index contributed by atoms with van der Waals surface area (Å²) in [6.45, 7) is 2.25. The van der Waals surface area contributed by atoms with Crippen LogP contribution in [-0.4, -0.2) is 19.6 Å². The third kappa shape index (κ3) is 4.92. The van der Waals surface area contributed by atoms with E-state index in [9.17, 15) is 10.1 Å². The molecule has 0 spiro atoms. The number of hydrogen-bond acceptors (Lipinski definition) is 4. The van der Waals surface area contributed by atoms with Crippen LogP contribution < -0.4 is 14.8 Å². The quantitative estimate of drug-likeness (QED) is 0.559. The molecule has 7 heteroatoms. The smallest absolute Gasteiger partial charge is 0.266 e. The monoisotopic (exact) mass is 390 g/mol. The summed E-state index contributed by atoms with van der Waals surface area (Å²) in [4.78, 5) is 12.3. The molecule has 5 nitrogen and oxygen atoms in total. The molecule has 1 amide bonds. The number of nitrogens with one attached hydrogen (secondary N) is 1. The first-order chi connectivity index (χ1) is 12.5. The van der Waals surface area contributed by atoms with Crippen molar-refractivity contribution >= 4 is 40.9 Å². The molecule has 0 heterocycles. The van der Waals surface area contributed by atoms with E-state index in [-0.39, 0.29) is 5.57 Å². The average molecular weight is 391 g/mol. The van der Waals surface area contributed by atoms with Gasteiger partial charge in [-0.15, -0.1) is 0 Å². The first kappa shape index (κ1) is 19.6. The van der Waals surface area contributed by atoms with Crippen LogP contribution in [-0.2, 0) is 4.79 Å². The fraction of sp³-hybridized carbons (Fsp3) is 0.158. The number of benzene rings is 2. The molecule has 0 radical (unpaired) electrons. The van der Waals surface area contributed by atoms with Gasteiger partial charge in [-0.25, -0.2) is 0 Å². The lowest BCUT2D eigenvalue weighted by atomic mass is 10.1. The maximum absolute atomic E-state index is 12.3. The summed E-state index contributed by atoms with van der Waals surface area (Å²) in [5.74, 6) is 0.272. The summed E-state index contributed by atoms with van der Waals surface area (Å²) in [5.41, 5.74) is 0.942. The first-order valence-electron chi connectivity index (χ1n) is 7.67. The number of nitrogens with zero attached hydrogens (tertiary/aromatic N) is 1. The van der Waals surface area contributed by atoms with Gasteiger partial charge in [-0.1, -0.05) is 29.3 Å². The number of ether oxygens (including phenoxy) is 2. The van der Waals surface area contributed by atoms with E-state index >= 15 is 0 Å². The van der Waals surface area contributed by atoms with Gasteiger partial charge in [0.1, 0.15) is 11.6 Å². The van der Waals surface area contributed by atoms with Crippen molar-refractivity contribution in [2.75, 3.05) is 19.0 Å². The zero-order chi connectivity index (χ0) is 19.1. The molecule has 2 aromatic carbocycles. The van der Waals surface area contributed by atoms with E-state index < -0.39 is 5.91 Å². The number of anilines is 1. The van der Waals surface area contributed by atoms with E-state index in [1.807, 2.05) is 13.0 Å². The van der Waals surface area contributed by atoms with Crippen molar-refractivity contribution in [2.24, 2.45) is 0 Å². The van der Waals surface area contributed by atoms with Gasteiger partial charge >= 0.3 is 0 Å². The molecule has 0 bridgehead atoms. The predicted molar refractivity (Wildman–Crippen MR) is 103 cm³/mol. The highest BCUT2D eigenvalue weighted by Crippen LogP contribution is 2.37. The van der Waals surface area contributed by atoms with Crippen LogP contribution >= 0.6 is 23.2 Å². The highest BCUT2D eigenvalue weighted by molar-refractivity contribution is 6.32. The van der Waals surface area contributed by atoms with Crippen molar-refractivity contribution in [1.29, 1.82) is 5.26 Å². The van der Waals surface area contributed by atoms with Crippen molar-refractivity contribution in [3.63, 3.8) is 0 Å². The zero-order valence-electron chi connectivity index (χ0n) is 14.2. The molecule has 0 fully saturated rings. The Kier molecular flexibility index (Phi) is 6.90. The van der Waals surface area contributed by atoms with Gasteiger partial charge in [-0.2, -0.15) is 5.26 Å². The fourth-order valence-electron chi connectivity index (χ4n) is 2.21. The molecule has 0 aliphatic rings. The highest BCUT2D eigenvalue weighted by Gasteiger charge is 2.14. The maximum Gasteiger partial charge on any atom is 0.266 e. The van der Waals surface area contributed by atoms with Crippen molar-refractivity contribution in [3.05, 3.63) is 57.6 Å². The van der Waals surface area contributed by atoms with E-state index in [2.05, 4.69) is 5.32 Å². The molecule has 0 unspecified atom stereocenters. The lowest BCUT2D eigenvalue weighted by Gasteiger charge is -2.12. The van der Waals surface area contributed by atoms with Crippen LogP contribution in [0.3, 0.4) is 0 Å². The minimum absolute atomic E-state index is 0.0892. The number of methoxy groups -OCH3 is 1. The summed E-state index contributed by atoms with van der Waals surface area (Å²) < 4.78 is 10.7. The standard InChI is InChI=1S/C19H16Cl2N2O3/c1-3-26-17-9-12(8-16(21)18(17)25-2)7-13(11-22)19(24)23-15-6-4-5-14(20)10-15/h4-10H,3H2,1-2H3,(H,23,24)/b13-7+. The van der Waals surface area contributed by atoms with E-state index in [1.54, 1.807) is 36.4 Å². The second kappa shape index (κ2) is 9.14. The van der Waals surface area contributed by atoms with Crippen LogP contribution in [0.4, 0.5) is 5.69 Å². The van der Waals surface area contributed by atoms with Crippen LogP contribution in [0.25, 0.3) is 6.08 Å². The summed E-state index contributed by atoms with van der Waals surface area (Å²) in [7, 11) is 1.48. The number of nitriles is 1. The van der Waals surface area contributed by atoms with Crippen LogP contribution in [0.15, 0.2) is 42.0 Å². The molecule has 26 heavy (non-hydrogen) atoms. The summed E-state index contributed by atoms with van der Waals surface area (Å²) in [5, 5.41) is 12.8. The number of carbonyl (C=O) groups excluding carboxylic acids is 1. The van der Waals surface area contributed by atoms with Gasteiger partial charge in [0.25, 0.3) is 5.91 Å². The van der Waals surface area contributed by atoms with E-state index in [0.29, 0.717) is 39.4 Å². The highest BCUT2D eigenvalue weighted by atomic mass is 35.5. The number of halogens is 2. The average Bonchev–Trinajstić information content (AvgIpc) is 2.59. The van der Waals surface area contributed by atoms with Gasteiger partial charge in [-0.3, -0.25) is 4.79 Å². The minimum Gasteiger partial charge on any atom is -0.491 e. The Hall–Kier alpha value is -2.68. The molecule has 0 saturated carbocycles. The van der Waals surface area contributed by atoms with Gasteiger partial charge in [0.05, 0.1) is 18.7 Å². The van der Waals surface area contributed by atoms with Gasteiger partial charge in [0.15, 0.2) is 11.5 Å². The van der Waals surface area contributed by atoms with E-state index in [1.165, 1.54) is 13.2 Å². The Bertz CT molecular complexity index is 889. The molecule has 0 atom stereocenters. The molecule has 0 aromatic heterocycles. The van der Waals surface area contributed by atoms with Gasteiger partial charge in [0, 0.05) is 10.7 Å². The molecule has 0 aliphatic carbocycles. The van der Waals surface area contributed by atoms with Gasteiger partial charge < -0.3 is 14.8 Å². The van der Waals surface area contributed by atoms with Crippen molar-refractivity contribution in [1.82, 2.24) is 0 Å². The van der Waals surface area contributed by atoms with Crippen LogP contribution in [0.1, 0.15) is 12.5 Å². The molecule has 0 aliphatic heterocycles. The Morgan fingerprint density at radius 3 is 2.69 bits per heavy atom. The third-order valence-corrected chi connectivity index (χ3v) is 3.81. The number of rotatable bonds is 6. The van der Waals surface area contributed by atoms with Gasteiger partial charge in [0.2, 0.25) is 0 Å². The lowest BCUT2D eigenvalue weighted by Crippen LogP contribution is -2.13. The van der Waals surface area contributed by atoms with Crippen molar-refractivity contribution in [3.8, 4) is 17.6 Å². The topological polar surface area (TPSA) is 71.3 Å².